The Labute approximate surface area is 130 Å². The Kier molecular flexibility index (Phi) is 4.24. The number of hydrogen-bond acceptors (Lipinski definition) is 4. The van der Waals surface area contributed by atoms with Crippen molar-refractivity contribution in [3.05, 3.63) is 52.9 Å². The van der Waals surface area contributed by atoms with Gasteiger partial charge in [0.25, 0.3) is 5.91 Å². The molecule has 0 radical (unpaired) electrons. The normalized spacial score (nSPS) is 18.5. The standard InChI is InChI=1S/C17H21N3O2/c1-12-16(13(2)22-19-12)11-20-9-8-15(10-20)18-17(21)14-6-4-3-5-7-14/h3-7,15H,8-11H2,1-2H3,(H,18,21)/t15-/m0/s1. The number of aryl methyl sites for hydroxylation is 2. The van der Waals surface area contributed by atoms with E-state index < -0.39 is 0 Å². The number of aromatic nitrogens is 1. The van der Waals surface area contributed by atoms with E-state index in [1.165, 1.54) is 0 Å². The van der Waals surface area contributed by atoms with Gasteiger partial charge in [0.1, 0.15) is 5.76 Å². The topological polar surface area (TPSA) is 58.4 Å². The number of carbonyl (C=O) groups is 1. The number of hydrogen-bond donors (Lipinski definition) is 1. The van der Waals surface area contributed by atoms with E-state index in [0.29, 0.717) is 5.56 Å². The van der Waals surface area contributed by atoms with Gasteiger partial charge in [-0.2, -0.15) is 0 Å². The van der Waals surface area contributed by atoms with E-state index in [1.807, 2.05) is 44.2 Å². The highest BCUT2D eigenvalue weighted by molar-refractivity contribution is 5.94. The molecule has 0 bridgehead atoms. The fraction of sp³-hybridized carbons (Fsp3) is 0.412. The zero-order valence-corrected chi connectivity index (χ0v) is 13.0. The van der Waals surface area contributed by atoms with Crippen molar-refractivity contribution in [1.82, 2.24) is 15.4 Å². The van der Waals surface area contributed by atoms with Gasteiger partial charge < -0.3 is 9.84 Å². The predicted octanol–water partition coefficient (Wildman–Crippen LogP) is 2.30. The summed E-state index contributed by atoms with van der Waals surface area (Å²) in [6, 6.07) is 9.56. The summed E-state index contributed by atoms with van der Waals surface area (Å²) in [5.41, 5.74) is 2.83. The van der Waals surface area contributed by atoms with Crippen LogP contribution < -0.4 is 5.32 Å². The minimum Gasteiger partial charge on any atom is -0.361 e. The first-order valence-corrected chi connectivity index (χ1v) is 7.63. The van der Waals surface area contributed by atoms with E-state index >= 15 is 0 Å². The summed E-state index contributed by atoms with van der Waals surface area (Å²) in [6.07, 6.45) is 0.974. The van der Waals surface area contributed by atoms with Crippen LogP contribution in [0.3, 0.4) is 0 Å². The van der Waals surface area contributed by atoms with Crippen molar-refractivity contribution in [3.63, 3.8) is 0 Å². The van der Waals surface area contributed by atoms with E-state index in [9.17, 15) is 4.79 Å². The minimum atomic E-state index is 0.00443. The Hall–Kier alpha value is -2.14. The molecule has 1 amide bonds. The first kappa shape index (κ1) is 14.8. The fourth-order valence-corrected chi connectivity index (χ4v) is 2.90. The molecule has 1 saturated heterocycles. The van der Waals surface area contributed by atoms with Crippen molar-refractivity contribution in [2.24, 2.45) is 0 Å². The maximum absolute atomic E-state index is 12.2. The Morgan fingerprint density at radius 1 is 1.36 bits per heavy atom. The van der Waals surface area contributed by atoms with Gasteiger partial charge >= 0.3 is 0 Å². The average molecular weight is 299 g/mol. The monoisotopic (exact) mass is 299 g/mol. The van der Waals surface area contributed by atoms with Gasteiger partial charge in [-0.25, -0.2) is 0 Å². The van der Waals surface area contributed by atoms with Crippen LogP contribution >= 0.6 is 0 Å². The molecular weight excluding hydrogens is 278 g/mol. The molecule has 1 N–H and O–H groups in total. The molecular formula is C17H21N3O2. The van der Waals surface area contributed by atoms with E-state index in [1.54, 1.807) is 0 Å². The van der Waals surface area contributed by atoms with Crippen molar-refractivity contribution >= 4 is 5.91 Å². The molecule has 3 rings (SSSR count). The second-order valence-electron chi connectivity index (χ2n) is 5.86. The molecule has 1 aromatic heterocycles. The molecule has 1 fully saturated rings. The Bertz CT molecular complexity index is 632. The van der Waals surface area contributed by atoms with Crippen molar-refractivity contribution in [2.45, 2.75) is 32.9 Å². The third-order valence-electron chi connectivity index (χ3n) is 4.21. The Morgan fingerprint density at radius 3 is 2.82 bits per heavy atom. The zero-order chi connectivity index (χ0) is 15.5. The van der Waals surface area contributed by atoms with Crippen LogP contribution in [0.25, 0.3) is 0 Å². The van der Waals surface area contributed by atoms with Crippen LogP contribution in [0, 0.1) is 13.8 Å². The SMILES string of the molecule is Cc1noc(C)c1CN1CC[C@H](NC(=O)c2ccccc2)C1. The van der Waals surface area contributed by atoms with Crippen LogP contribution in [-0.4, -0.2) is 35.1 Å². The van der Waals surface area contributed by atoms with Gasteiger partial charge in [0, 0.05) is 36.8 Å². The number of nitrogens with zero attached hydrogens (tertiary/aromatic N) is 2. The number of amides is 1. The summed E-state index contributed by atoms with van der Waals surface area (Å²) in [6.45, 7) is 6.59. The highest BCUT2D eigenvalue weighted by atomic mass is 16.5. The molecule has 1 atom stereocenters. The highest BCUT2D eigenvalue weighted by Crippen LogP contribution is 2.19. The first-order valence-electron chi connectivity index (χ1n) is 7.63. The van der Waals surface area contributed by atoms with Crippen molar-refractivity contribution in [1.29, 1.82) is 0 Å². The van der Waals surface area contributed by atoms with E-state index in [4.69, 9.17) is 4.52 Å². The number of likely N-dealkylation sites (tertiary alicyclic amines) is 1. The van der Waals surface area contributed by atoms with Gasteiger partial charge in [0.15, 0.2) is 0 Å². The summed E-state index contributed by atoms with van der Waals surface area (Å²) in [5, 5.41) is 7.11. The second-order valence-corrected chi connectivity index (χ2v) is 5.86. The molecule has 1 aliphatic rings. The van der Waals surface area contributed by atoms with Gasteiger partial charge in [0.05, 0.1) is 5.69 Å². The van der Waals surface area contributed by atoms with Crippen molar-refractivity contribution in [2.75, 3.05) is 13.1 Å². The summed E-state index contributed by atoms with van der Waals surface area (Å²) >= 11 is 0. The van der Waals surface area contributed by atoms with E-state index in [0.717, 1.165) is 43.1 Å². The number of rotatable bonds is 4. The molecule has 2 heterocycles. The molecule has 0 unspecified atom stereocenters. The summed E-state index contributed by atoms with van der Waals surface area (Å²) in [5.74, 6) is 0.888. The molecule has 2 aromatic rings. The molecule has 5 nitrogen and oxygen atoms in total. The van der Waals surface area contributed by atoms with Crippen LogP contribution in [0.15, 0.2) is 34.9 Å². The van der Waals surface area contributed by atoms with Crippen LogP contribution in [0.5, 0.6) is 0 Å². The lowest BCUT2D eigenvalue weighted by Gasteiger charge is -2.16. The molecule has 116 valence electrons. The summed E-state index contributed by atoms with van der Waals surface area (Å²) in [4.78, 5) is 14.5. The average Bonchev–Trinajstić information content (AvgIpc) is 3.10. The molecule has 22 heavy (non-hydrogen) atoms. The van der Waals surface area contributed by atoms with E-state index in [-0.39, 0.29) is 11.9 Å². The molecule has 0 aliphatic carbocycles. The van der Waals surface area contributed by atoms with Crippen LogP contribution in [0.2, 0.25) is 0 Å². The lowest BCUT2D eigenvalue weighted by Crippen LogP contribution is -2.37. The van der Waals surface area contributed by atoms with Crippen LogP contribution in [-0.2, 0) is 6.54 Å². The van der Waals surface area contributed by atoms with Gasteiger partial charge in [-0.1, -0.05) is 23.4 Å². The third kappa shape index (κ3) is 3.20. The fourth-order valence-electron chi connectivity index (χ4n) is 2.90. The maximum Gasteiger partial charge on any atom is 0.251 e. The zero-order valence-electron chi connectivity index (χ0n) is 13.0. The van der Waals surface area contributed by atoms with Gasteiger partial charge in [-0.15, -0.1) is 0 Å². The summed E-state index contributed by atoms with van der Waals surface area (Å²) < 4.78 is 5.21. The quantitative estimate of drug-likeness (QED) is 0.941. The molecule has 0 spiro atoms. The number of carbonyl (C=O) groups excluding carboxylic acids is 1. The molecule has 5 heteroatoms. The second kappa shape index (κ2) is 6.32. The molecule has 1 aliphatic heterocycles. The van der Waals surface area contributed by atoms with Crippen molar-refractivity contribution in [3.8, 4) is 0 Å². The third-order valence-corrected chi connectivity index (χ3v) is 4.21. The maximum atomic E-state index is 12.2. The van der Waals surface area contributed by atoms with Gasteiger partial charge in [-0.3, -0.25) is 9.69 Å². The first-order chi connectivity index (χ1) is 10.6. The summed E-state index contributed by atoms with van der Waals surface area (Å²) in [7, 11) is 0. The number of benzene rings is 1. The lowest BCUT2D eigenvalue weighted by molar-refractivity contribution is 0.0937. The molecule has 0 saturated carbocycles. The van der Waals surface area contributed by atoms with Gasteiger partial charge in [-0.05, 0) is 32.4 Å². The molecule has 1 aromatic carbocycles. The largest absolute Gasteiger partial charge is 0.361 e. The van der Waals surface area contributed by atoms with Gasteiger partial charge in [0.2, 0.25) is 0 Å². The Balaban J connectivity index is 1.55. The predicted molar refractivity (Wildman–Crippen MR) is 83.6 cm³/mol. The van der Waals surface area contributed by atoms with Crippen molar-refractivity contribution < 1.29 is 9.32 Å². The van der Waals surface area contributed by atoms with Crippen LogP contribution in [0.1, 0.15) is 33.8 Å². The highest BCUT2D eigenvalue weighted by Gasteiger charge is 2.25. The minimum absolute atomic E-state index is 0.00443. The Morgan fingerprint density at radius 2 is 2.14 bits per heavy atom. The number of nitrogens with one attached hydrogen (secondary N) is 1. The van der Waals surface area contributed by atoms with Crippen LogP contribution in [0.4, 0.5) is 0 Å². The smallest absolute Gasteiger partial charge is 0.251 e. The van der Waals surface area contributed by atoms with E-state index in [2.05, 4.69) is 15.4 Å². The lowest BCUT2D eigenvalue weighted by atomic mass is 10.2.